The van der Waals surface area contributed by atoms with E-state index in [1.165, 1.54) is 27.8 Å². The molecule has 3 heteroatoms. The zero-order chi connectivity index (χ0) is 32.1. The van der Waals surface area contributed by atoms with Gasteiger partial charge in [-0.2, -0.15) is 5.10 Å². The molecule has 0 fully saturated rings. The molecule has 0 spiro atoms. The van der Waals surface area contributed by atoms with Crippen molar-refractivity contribution < 1.29 is 0 Å². The van der Waals surface area contributed by atoms with Crippen molar-refractivity contribution in [1.82, 2.24) is 0 Å². The molecule has 0 N–H and O–H groups in total. The summed E-state index contributed by atoms with van der Waals surface area (Å²) in [5, 5.41) is 6.99. The second kappa shape index (κ2) is 13.1. The van der Waals surface area contributed by atoms with Crippen LogP contribution in [0.2, 0.25) is 0 Å². The lowest BCUT2D eigenvalue weighted by Gasteiger charge is -2.25. The van der Waals surface area contributed by atoms with Gasteiger partial charge in [0.2, 0.25) is 0 Å². The molecule has 0 aliphatic heterocycles. The Kier molecular flexibility index (Phi) is 7.92. The molecule has 48 heavy (non-hydrogen) atoms. The van der Waals surface area contributed by atoms with Crippen LogP contribution >= 0.6 is 0 Å². The van der Waals surface area contributed by atoms with Gasteiger partial charge in [-0.25, -0.2) is 5.01 Å². The van der Waals surface area contributed by atoms with Gasteiger partial charge in [-0.1, -0.05) is 127 Å². The fourth-order valence-corrected chi connectivity index (χ4v) is 6.37. The molecule has 0 atom stereocenters. The van der Waals surface area contributed by atoms with Gasteiger partial charge in [-0.3, -0.25) is 0 Å². The first-order valence-corrected chi connectivity index (χ1v) is 16.2. The second-order valence-electron chi connectivity index (χ2n) is 11.7. The van der Waals surface area contributed by atoms with Crippen LogP contribution in [0.15, 0.2) is 193 Å². The molecule has 7 aromatic rings. The van der Waals surface area contributed by atoms with Gasteiger partial charge in [0.25, 0.3) is 0 Å². The van der Waals surface area contributed by atoms with Crippen molar-refractivity contribution >= 4 is 46.3 Å². The van der Waals surface area contributed by atoms with Gasteiger partial charge in [0, 0.05) is 17.1 Å². The van der Waals surface area contributed by atoms with E-state index in [9.17, 15) is 0 Å². The van der Waals surface area contributed by atoms with E-state index in [1.807, 2.05) is 41.6 Å². The monoisotopic (exact) mass is 615 g/mol. The van der Waals surface area contributed by atoms with E-state index >= 15 is 0 Å². The Balaban J connectivity index is 1.08. The molecule has 0 unspecified atom stereocenters. The Bertz CT molecular complexity index is 2120. The van der Waals surface area contributed by atoms with Gasteiger partial charge >= 0.3 is 0 Å². The molecule has 7 aromatic carbocycles. The number of hydrazone groups is 1. The summed E-state index contributed by atoms with van der Waals surface area (Å²) in [5.41, 5.74) is 13.9. The van der Waals surface area contributed by atoms with Crippen LogP contribution in [0.1, 0.15) is 22.3 Å². The number of fused-ring (bicyclic) bond motifs is 3. The van der Waals surface area contributed by atoms with Gasteiger partial charge in [0.1, 0.15) is 0 Å². The zero-order valence-corrected chi connectivity index (χ0v) is 26.4. The van der Waals surface area contributed by atoms with Crippen molar-refractivity contribution in [3.63, 3.8) is 0 Å². The molecule has 0 amide bonds. The van der Waals surface area contributed by atoms with Crippen LogP contribution in [-0.2, 0) is 0 Å². The highest BCUT2D eigenvalue weighted by molar-refractivity contribution is 6.06. The van der Waals surface area contributed by atoms with Crippen molar-refractivity contribution in [3.05, 3.63) is 210 Å². The van der Waals surface area contributed by atoms with Crippen LogP contribution < -0.4 is 9.91 Å². The first kappa shape index (κ1) is 29.0. The lowest BCUT2D eigenvalue weighted by Crippen LogP contribution is -2.10. The molecule has 0 aromatic heterocycles. The van der Waals surface area contributed by atoms with Gasteiger partial charge in [-0.05, 0) is 106 Å². The third kappa shape index (κ3) is 5.81. The quantitative estimate of drug-likeness (QED) is 0.125. The average molecular weight is 616 g/mol. The number of rotatable bonds is 8. The molecule has 0 radical (unpaired) electrons. The lowest BCUT2D eigenvalue weighted by molar-refractivity contribution is 1.09. The molecule has 0 saturated heterocycles. The number of para-hydroxylation sites is 3. The number of nitrogens with zero attached hydrogens (tertiary/aromatic N) is 3. The summed E-state index contributed by atoms with van der Waals surface area (Å²) in [6.45, 7) is 0. The highest BCUT2D eigenvalue weighted by Gasteiger charge is 2.22. The fourth-order valence-electron chi connectivity index (χ4n) is 6.37. The van der Waals surface area contributed by atoms with Gasteiger partial charge in [0.05, 0.1) is 17.6 Å². The number of hydrogen-bond donors (Lipinski definition) is 0. The van der Waals surface area contributed by atoms with E-state index in [4.69, 9.17) is 5.10 Å². The molecule has 0 bridgehead atoms. The first-order chi connectivity index (χ1) is 23.8. The molecule has 1 aliphatic carbocycles. The Morgan fingerprint density at radius 1 is 0.333 bits per heavy atom. The van der Waals surface area contributed by atoms with Crippen LogP contribution in [0.4, 0.5) is 28.4 Å². The van der Waals surface area contributed by atoms with Crippen molar-refractivity contribution in [3.8, 4) is 11.1 Å². The fraction of sp³-hybridized carbons (Fsp3) is 0. The number of anilines is 5. The second-order valence-corrected chi connectivity index (χ2v) is 11.7. The molecule has 8 rings (SSSR count). The molecule has 1 aliphatic rings. The Morgan fingerprint density at radius 2 is 0.708 bits per heavy atom. The SMILES string of the molecule is C(=C1c2ccccc2-c2ccccc21)c1ccc(N(/N=C/c2ccc(N(c3ccccc3)c3ccccc3)cc2)c2ccccc2)cc1. The standard InChI is InChI=1S/C45H33N3/c1-4-14-36(15-5-1)47(37-16-6-2-7-17-37)38-28-26-35(27-29-38)33-46-48(39-18-8-3-9-19-39)40-30-24-34(25-31-40)32-45-43-22-12-10-20-41(43)42-21-11-13-23-44(42)45/h1-33H/b46-33+. The largest absolute Gasteiger partial charge is 0.311 e. The minimum absolute atomic E-state index is 0.989. The van der Waals surface area contributed by atoms with Crippen LogP contribution in [0.3, 0.4) is 0 Å². The molecule has 0 saturated carbocycles. The summed E-state index contributed by atoms with van der Waals surface area (Å²) in [6.07, 6.45) is 4.22. The average Bonchev–Trinajstić information content (AvgIpc) is 3.47. The molecule has 3 nitrogen and oxygen atoms in total. The Labute approximate surface area is 282 Å². The van der Waals surface area contributed by atoms with E-state index in [0.29, 0.717) is 0 Å². The maximum Gasteiger partial charge on any atom is 0.0653 e. The lowest BCUT2D eigenvalue weighted by atomic mass is 10.0. The zero-order valence-electron chi connectivity index (χ0n) is 26.4. The summed E-state index contributed by atoms with van der Waals surface area (Å²) in [7, 11) is 0. The van der Waals surface area contributed by atoms with Gasteiger partial charge in [-0.15, -0.1) is 0 Å². The molecular formula is C45H33N3. The van der Waals surface area contributed by atoms with E-state index in [2.05, 4.69) is 169 Å². The molecule has 0 heterocycles. The number of hydrogen-bond acceptors (Lipinski definition) is 3. The van der Waals surface area contributed by atoms with Crippen LogP contribution in [0, 0.1) is 0 Å². The van der Waals surface area contributed by atoms with Crippen LogP contribution in [-0.4, -0.2) is 6.21 Å². The normalized spacial score (nSPS) is 11.6. The van der Waals surface area contributed by atoms with Crippen molar-refractivity contribution in [2.75, 3.05) is 9.91 Å². The van der Waals surface area contributed by atoms with Crippen LogP contribution in [0.25, 0.3) is 22.8 Å². The van der Waals surface area contributed by atoms with E-state index < -0.39 is 0 Å². The molecular weight excluding hydrogens is 583 g/mol. The van der Waals surface area contributed by atoms with Gasteiger partial charge < -0.3 is 4.90 Å². The maximum absolute atomic E-state index is 5.00. The topological polar surface area (TPSA) is 18.8 Å². The third-order valence-electron chi connectivity index (χ3n) is 8.68. The summed E-state index contributed by atoms with van der Waals surface area (Å²) in [6, 6.07) is 65.7. The number of benzene rings is 7. The highest BCUT2D eigenvalue weighted by atomic mass is 15.5. The van der Waals surface area contributed by atoms with Crippen LogP contribution in [0.5, 0.6) is 0 Å². The summed E-state index contributed by atoms with van der Waals surface area (Å²) in [4.78, 5) is 2.26. The highest BCUT2D eigenvalue weighted by Crippen LogP contribution is 2.44. The van der Waals surface area contributed by atoms with Crippen molar-refractivity contribution in [2.45, 2.75) is 0 Å². The Hall–Kier alpha value is -6.45. The van der Waals surface area contributed by atoms with Crippen molar-refractivity contribution in [2.24, 2.45) is 5.10 Å². The van der Waals surface area contributed by atoms with E-state index in [1.54, 1.807) is 0 Å². The third-order valence-corrected chi connectivity index (χ3v) is 8.68. The maximum atomic E-state index is 5.00. The predicted molar refractivity (Wildman–Crippen MR) is 203 cm³/mol. The van der Waals surface area contributed by atoms with Crippen molar-refractivity contribution in [1.29, 1.82) is 0 Å². The van der Waals surface area contributed by atoms with E-state index in [-0.39, 0.29) is 0 Å². The summed E-state index contributed by atoms with van der Waals surface area (Å²) >= 11 is 0. The predicted octanol–water partition coefficient (Wildman–Crippen LogP) is 11.9. The Morgan fingerprint density at radius 3 is 1.23 bits per heavy atom. The summed E-state index contributed by atoms with van der Waals surface area (Å²) < 4.78 is 0. The summed E-state index contributed by atoms with van der Waals surface area (Å²) in [5.74, 6) is 0. The first-order valence-electron chi connectivity index (χ1n) is 16.2. The smallest absolute Gasteiger partial charge is 0.0653 e. The van der Waals surface area contributed by atoms with Gasteiger partial charge in [0.15, 0.2) is 0 Å². The van der Waals surface area contributed by atoms with E-state index in [0.717, 1.165) is 39.6 Å². The minimum Gasteiger partial charge on any atom is -0.311 e. The minimum atomic E-state index is 0.989. The molecule has 228 valence electrons.